The Balaban J connectivity index is 1.63. The lowest BCUT2D eigenvalue weighted by atomic mass is 10.1. The lowest BCUT2D eigenvalue weighted by Crippen LogP contribution is -2.23. The monoisotopic (exact) mass is 393 g/mol. The molecule has 0 radical (unpaired) electrons. The van der Waals surface area contributed by atoms with E-state index in [0.29, 0.717) is 31.5 Å². The van der Waals surface area contributed by atoms with Crippen LogP contribution in [0.15, 0.2) is 66.2 Å². The predicted octanol–water partition coefficient (Wildman–Crippen LogP) is 3.66. The van der Waals surface area contributed by atoms with Gasteiger partial charge in [0.25, 0.3) is 0 Å². The van der Waals surface area contributed by atoms with Crippen molar-refractivity contribution in [1.82, 2.24) is 9.55 Å². The van der Waals surface area contributed by atoms with Crippen LogP contribution in [-0.2, 0) is 13.1 Å². The molecule has 0 aliphatic carbocycles. The molecule has 3 rings (SSSR count). The zero-order valence-electron chi connectivity index (χ0n) is 16.8. The molecule has 0 aliphatic heterocycles. The summed E-state index contributed by atoms with van der Waals surface area (Å²) in [5.41, 5.74) is 9.11. The number of aromatic nitrogens is 2. The topological polar surface area (TPSA) is 86.7 Å². The van der Waals surface area contributed by atoms with Gasteiger partial charge in [-0.3, -0.25) is 0 Å². The Hall–Kier alpha value is -3.48. The third kappa shape index (κ3) is 6.00. The fraction of sp³-hybridized carbons (Fsp3) is 0.273. The van der Waals surface area contributed by atoms with Gasteiger partial charge in [-0.25, -0.2) is 9.98 Å². The van der Waals surface area contributed by atoms with Crippen molar-refractivity contribution in [3.8, 4) is 11.5 Å². The number of rotatable bonds is 9. The highest BCUT2D eigenvalue weighted by molar-refractivity contribution is 5.94. The number of nitrogens with one attached hydrogen (secondary N) is 1. The predicted molar refractivity (Wildman–Crippen MR) is 116 cm³/mol. The molecule has 0 atom stereocenters. The average Bonchev–Trinajstić information content (AvgIpc) is 3.23. The highest BCUT2D eigenvalue weighted by Crippen LogP contribution is 2.29. The Morgan fingerprint density at radius 3 is 2.52 bits per heavy atom. The number of aliphatic imine (C=N–C) groups is 1. The van der Waals surface area contributed by atoms with Crippen LogP contribution in [0.3, 0.4) is 0 Å². The van der Waals surface area contributed by atoms with Crippen molar-refractivity contribution in [2.45, 2.75) is 26.9 Å². The first-order valence-corrected chi connectivity index (χ1v) is 9.68. The van der Waals surface area contributed by atoms with Crippen LogP contribution in [0.4, 0.5) is 5.69 Å². The van der Waals surface area contributed by atoms with Crippen molar-refractivity contribution in [2.75, 3.05) is 18.5 Å². The van der Waals surface area contributed by atoms with E-state index in [1.807, 2.05) is 49.1 Å². The normalized spacial score (nSPS) is 11.3. The molecule has 1 heterocycles. The van der Waals surface area contributed by atoms with Crippen LogP contribution in [0.1, 0.15) is 25.0 Å². The van der Waals surface area contributed by atoms with Crippen LogP contribution in [0.25, 0.3) is 0 Å². The number of hydrogen-bond acceptors (Lipinski definition) is 4. The van der Waals surface area contributed by atoms with E-state index in [4.69, 9.17) is 15.2 Å². The van der Waals surface area contributed by atoms with Crippen LogP contribution in [0.2, 0.25) is 0 Å². The van der Waals surface area contributed by atoms with E-state index >= 15 is 0 Å². The molecular weight excluding hydrogens is 366 g/mol. The summed E-state index contributed by atoms with van der Waals surface area (Å²) in [4.78, 5) is 8.50. The van der Waals surface area contributed by atoms with Crippen LogP contribution < -0.4 is 20.5 Å². The fourth-order valence-corrected chi connectivity index (χ4v) is 2.84. The van der Waals surface area contributed by atoms with Crippen molar-refractivity contribution in [1.29, 1.82) is 0 Å². The SMILES string of the molecule is CCOc1ccc(OCC)c(NC(N)=NCc2ccc(Cn3ccnc3)cc2)c1. The standard InChI is InChI=1S/C22H27N5O2/c1-3-28-19-9-10-21(29-4-2)20(13-19)26-22(23)25-14-17-5-7-18(8-6-17)15-27-12-11-24-16-27/h5-13,16H,3-4,14-15H2,1-2H3,(H3,23,25,26). The zero-order valence-corrected chi connectivity index (χ0v) is 16.8. The molecule has 29 heavy (non-hydrogen) atoms. The summed E-state index contributed by atoms with van der Waals surface area (Å²) in [6.45, 7) is 6.32. The van der Waals surface area contributed by atoms with Crippen LogP contribution >= 0.6 is 0 Å². The molecule has 0 unspecified atom stereocenters. The molecule has 0 bridgehead atoms. The fourth-order valence-electron chi connectivity index (χ4n) is 2.84. The minimum absolute atomic E-state index is 0.321. The Kier molecular flexibility index (Phi) is 7.10. The number of hydrogen-bond donors (Lipinski definition) is 2. The first kappa shape index (κ1) is 20.3. The van der Waals surface area contributed by atoms with Crippen LogP contribution in [0, 0.1) is 0 Å². The molecule has 7 nitrogen and oxygen atoms in total. The minimum Gasteiger partial charge on any atom is -0.494 e. The number of ether oxygens (including phenoxy) is 2. The van der Waals surface area contributed by atoms with Gasteiger partial charge in [0, 0.05) is 25.0 Å². The number of nitrogens with zero attached hydrogens (tertiary/aromatic N) is 3. The second-order valence-electron chi connectivity index (χ2n) is 6.40. The number of imidazole rings is 1. The van der Waals surface area contributed by atoms with E-state index in [2.05, 4.69) is 39.6 Å². The van der Waals surface area contributed by atoms with Crippen molar-refractivity contribution >= 4 is 11.6 Å². The maximum absolute atomic E-state index is 6.10. The Bertz CT molecular complexity index is 921. The summed E-state index contributed by atoms with van der Waals surface area (Å²) < 4.78 is 13.2. The molecule has 7 heteroatoms. The van der Waals surface area contributed by atoms with Gasteiger partial charge in [0.15, 0.2) is 5.96 Å². The number of guanidine groups is 1. The quantitative estimate of drug-likeness (QED) is 0.428. The van der Waals surface area contributed by atoms with E-state index in [0.717, 1.165) is 23.5 Å². The molecule has 2 aromatic carbocycles. The molecule has 152 valence electrons. The highest BCUT2D eigenvalue weighted by atomic mass is 16.5. The second kappa shape index (κ2) is 10.2. The summed E-state index contributed by atoms with van der Waals surface area (Å²) >= 11 is 0. The zero-order chi connectivity index (χ0) is 20.5. The summed E-state index contributed by atoms with van der Waals surface area (Å²) in [5.74, 6) is 1.78. The molecular formula is C22H27N5O2. The van der Waals surface area contributed by atoms with Gasteiger partial charge in [-0.2, -0.15) is 0 Å². The molecule has 0 fully saturated rings. The van der Waals surface area contributed by atoms with Gasteiger partial charge in [0.2, 0.25) is 0 Å². The first-order valence-electron chi connectivity index (χ1n) is 9.68. The smallest absolute Gasteiger partial charge is 0.193 e. The molecule has 3 N–H and O–H groups in total. The van der Waals surface area contributed by atoms with E-state index in [1.54, 1.807) is 6.20 Å². The lowest BCUT2D eigenvalue weighted by molar-refractivity contribution is 0.332. The minimum atomic E-state index is 0.321. The lowest BCUT2D eigenvalue weighted by Gasteiger charge is -2.14. The van der Waals surface area contributed by atoms with Crippen molar-refractivity contribution < 1.29 is 9.47 Å². The van der Waals surface area contributed by atoms with Gasteiger partial charge in [0.05, 0.1) is 31.8 Å². The maximum atomic E-state index is 6.10. The first-order chi connectivity index (χ1) is 14.2. The second-order valence-corrected chi connectivity index (χ2v) is 6.40. The molecule has 0 saturated carbocycles. The van der Waals surface area contributed by atoms with Gasteiger partial charge < -0.3 is 25.1 Å². The number of benzene rings is 2. The third-order valence-electron chi connectivity index (χ3n) is 4.20. The van der Waals surface area contributed by atoms with Crippen molar-refractivity contribution in [3.05, 3.63) is 72.3 Å². The number of nitrogens with two attached hydrogens (primary N) is 1. The van der Waals surface area contributed by atoms with E-state index in [9.17, 15) is 0 Å². The Labute approximate surface area is 171 Å². The molecule has 0 amide bonds. The van der Waals surface area contributed by atoms with Gasteiger partial charge in [-0.1, -0.05) is 24.3 Å². The summed E-state index contributed by atoms with van der Waals surface area (Å²) in [6, 6.07) is 13.9. The summed E-state index contributed by atoms with van der Waals surface area (Å²) in [6.07, 6.45) is 5.53. The largest absolute Gasteiger partial charge is 0.494 e. The Morgan fingerprint density at radius 2 is 1.83 bits per heavy atom. The van der Waals surface area contributed by atoms with Gasteiger partial charge >= 0.3 is 0 Å². The highest BCUT2D eigenvalue weighted by Gasteiger charge is 2.07. The molecule has 1 aromatic heterocycles. The van der Waals surface area contributed by atoms with E-state index in [1.165, 1.54) is 5.56 Å². The molecule has 0 spiro atoms. The van der Waals surface area contributed by atoms with Gasteiger partial charge in [-0.05, 0) is 37.1 Å². The Morgan fingerprint density at radius 1 is 1.07 bits per heavy atom. The third-order valence-corrected chi connectivity index (χ3v) is 4.20. The van der Waals surface area contributed by atoms with Crippen molar-refractivity contribution in [3.63, 3.8) is 0 Å². The van der Waals surface area contributed by atoms with E-state index in [-0.39, 0.29) is 0 Å². The molecule has 0 aliphatic rings. The van der Waals surface area contributed by atoms with Crippen LogP contribution in [0.5, 0.6) is 11.5 Å². The van der Waals surface area contributed by atoms with Gasteiger partial charge in [0.1, 0.15) is 11.5 Å². The van der Waals surface area contributed by atoms with Crippen molar-refractivity contribution in [2.24, 2.45) is 10.7 Å². The van der Waals surface area contributed by atoms with Crippen LogP contribution in [-0.4, -0.2) is 28.7 Å². The molecule has 3 aromatic rings. The van der Waals surface area contributed by atoms with Gasteiger partial charge in [-0.15, -0.1) is 0 Å². The summed E-state index contributed by atoms with van der Waals surface area (Å²) in [5, 5.41) is 3.12. The average molecular weight is 393 g/mol. The number of anilines is 1. The maximum Gasteiger partial charge on any atom is 0.193 e. The summed E-state index contributed by atoms with van der Waals surface area (Å²) in [7, 11) is 0. The molecule has 0 saturated heterocycles. The van der Waals surface area contributed by atoms with E-state index < -0.39 is 0 Å².